The van der Waals surface area contributed by atoms with Crippen LogP contribution in [0, 0.1) is 0 Å². The number of halogens is 1. The molecule has 0 spiro atoms. The number of thiophene rings is 1. The topological polar surface area (TPSA) is 17.8 Å². The summed E-state index contributed by atoms with van der Waals surface area (Å²) < 4.78 is 3.54. The van der Waals surface area contributed by atoms with Gasteiger partial charge in [0.2, 0.25) is 0 Å². The molecule has 5 heteroatoms. The van der Waals surface area contributed by atoms with Crippen molar-refractivity contribution in [2.75, 3.05) is 0 Å². The van der Waals surface area contributed by atoms with Gasteiger partial charge in [0.05, 0.1) is 16.6 Å². The van der Waals surface area contributed by atoms with E-state index in [1.54, 1.807) is 0 Å². The van der Waals surface area contributed by atoms with Gasteiger partial charge < -0.3 is 4.57 Å². The van der Waals surface area contributed by atoms with Crippen LogP contribution in [0.4, 0.5) is 0 Å². The quantitative estimate of drug-likeness (QED) is 0.639. The first-order valence-electron chi connectivity index (χ1n) is 6.29. The van der Waals surface area contributed by atoms with Gasteiger partial charge in [-0.25, -0.2) is 4.98 Å². The zero-order valence-electron chi connectivity index (χ0n) is 10.5. The Morgan fingerprint density at radius 2 is 2.20 bits per heavy atom. The molecule has 2 aromatic heterocycles. The van der Waals surface area contributed by atoms with Gasteiger partial charge in [0, 0.05) is 28.7 Å². The molecule has 0 bridgehead atoms. The van der Waals surface area contributed by atoms with Crippen molar-refractivity contribution in [3.63, 3.8) is 0 Å². The van der Waals surface area contributed by atoms with Gasteiger partial charge in [-0.1, -0.05) is 17.7 Å². The predicted octanol–water partition coefficient (Wildman–Crippen LogP) is 4.84. The molecule has 0 N–H and O–H groups in total. The Morgan fingerprint density at radius 3 is 3.05 bits per heavy atom. The highest BCUT2D eigenvalue weighted by molar-refractivity contribution is 8.00. The Kier molecular flexibility index (Phi) is 3.10. The number of nitrogens with zero attached hydrogens (tertiary/aromatic N) is 2. The Hall–Kier alpha value is -1.23. The summed E-state index contributed by atoms with van der Waals surface area (Å²) in [5.74, 6) is 0.991. The molecule has 3 aromatic rings. The first-order valence-corrected chi connectivity index (χ1v) is 8.53. The molecule has 2 nitrogen and oxygen atoms in total. The van der Waals surface area contributed by atoms with Crippen molar-refractivity contribution in [1.82, 2.24) is 9.55 Å². The van der Waals surface area contributed by atoms with Crippen LogP contribution >= 0.6 is 34.7 Å². The van der Waals surface area contributed by atoms with E-state index in [9.17, 15) is 0 Å². The minimum atomic E-state index is 0.169. The van der Waals surface area contributed by atoms with E-state index in [1.807, 2.05) is 47.9 Å². The summed E-state index contributed by atoms with van der Waals surface area (Å²) >= 11 is 9.95. The average Bonchev–Trinajstić information content (AvgIpc) is 3.09. The average molecular weight is 319 g/mol. The second kappa shape index (κ2) is 4.95. The van der Waals surface area contributed by atoms with Crippen LogP contribution in [0.2, 0.25) is 5.02 Å². The summed E-state index contributed by atoms with van der Waals surface area (Å²) in [7, 11) is 0. The van der Waals surface area contributed by atoms with E-state index in [2.05, 4.69) is 33.1 Å². The van der Waals surface area contributed by atoms with Crippen LogP contribution < -0.4 is 0 Å². The second-order valence-corrected chi connectivity index (χ2v) is 7.30. The molecule has 1 atom stereocenters. The fraction of sp³-hybridized carbons (Fsp3) is 0.133. The number of benzene rings is 1. The molecule has 100 valence electrons. The van der Waals surface area contributed by atoms with Gasteiger partial charge in [-0.05, 0) is 34.7 Å². The smallest absolute Gasteiger partial charge is 0.0954 e. The Bertz CT molecular complexity index is 749. The first kappa shape index (κ1) is 12.5. The molecular formula is C15H11ClN2S2. The molecule has 1 unspecified atom stereocenters. The molecule has 0 saturated carbocycles. The Morgan fingerprint density at radius 1 is 1.25 bits per heavy atom. The molecule has 4 rings (SSSR count). The van der Waals surface area contributed by atoms with E-state index in [0.717, 1.165) is 10.8 Å². The van der Waals surface area contributed by atoms with Crippen molar-refractivity contribution in [3.8, 4) is 0 Å². The molecule has 0 aliphatic carbocycles. The Labute approximate surface area is 130 Å². The zero-order chi connectivity index (χ0) is 13.5. The van der Waals surface area contributed by atoms with Crippen LogP contribution in [0.5, 0.6) is 0 Å². The third kappa shape index (κ3) is 1.99. The molecule has 0 radical (unpaired) electrons. The molecule has 1 aromatic carbocycles. The van der Waals surface area contributed by atoms with Crippen molar-refractivity contribution in [2.24, 2.45) is 0 Å². The lowest BCUT2D eigenvalue weighted by molar-refractivity contribution is 0.668. The highest BCUT2D eigenvalue weighted by Gasteiger charge is 2.26. The number of thioether (sulfide) groups is 1. The van der Waals surface area contributed by atoms with Gasteiger partial charge in [-0.15, -0.1) is 23.1 Å². The molecule has 1 aliphatic rings. The van der Waals surface area contributed by atoms with E-state index in [1.165, 1.54) is 20.9 Å². The lowest BCUT2D eigenvalue weighted by atomic mass is 9.97. The summed E-state index contributed by atoms with van der Waals surface area (Å²) in [6, 6.07) is 8.60. The summed E-state index contributed by atoms with van der Waals surface area (Å²) in [6.45, 7) is 0. The number of rotatable bonds is 1. The van der Waals surface area contributed by atoms with E-state index < -0.39 is 0 Å². The normalized spacial score (nSPS) is 17.4. The molecular weight excluding hydrogens is 308 g/mol. The SMILES string of the molecule is Clc1ccc2c(c1)C(n1ccnc1)c1ccsc1SC2. The number of imidazole rings is 1. The summed E-state index contributed by atoms with van der Waals surface area (Å²) in [4.78, 5) is 4.21. The number of hydrogen-bond donors (Lipinski definition) is 0. The second-order valence-electron chi connectivity index (χ2n) is 4.71. The summed E-state index contributed by atoms with van der Waals surface area (Å²) in [5.41, 5.74) is 3.97. The number of fused-ring (bicyclic) bond motifs is 2. The maximum absolute atomic E-state index is 6.23. The van der Waals surface area contributed by atoms with Crippen LogP contribution in [0.25, 0.3) is 0 Å². The van der Waals surface area contributed by atoms with Crippen molar-refractivity contribution < 1.29 is 0 Å². The van der Waals surface area contributed by atoms with Gasteiger partial charge in [-0.3, -0.25) is 0 Å². The molecule has 0 fully saturated rings. The largest absolute Gasteiger partial charge is 0.326 e. The standard InChI is InChI=1S/C15H11ClN2S2/c16-11-2-1-10-8-20-15-12(3-6-19-15)14(13(10)7-11)18-5-4-17-9-18/h1-7,9,14H,8H2. The maximum atomic E-state index is 6.23. The molecule has 20 heavy (non-hydrogen) atoms. The fourth-order valence-electron chi connectivity index (χ4n) is 2.63. The molecule has 0 saturated heterocycles. The van der Waals surface area contributed by atoms with E-state index in [0.29, 0.717) is 0 Å². The van der Waals surface area contributed by atoms with Gasteiger partial charge in [0.25, 0.3) is 0 Å². The van der Waals surface area contributed by atoms with Crippen molar-refractivity contribution in [3.05, 3.63) is 70.1 Å². The van der Waals surface area contributed by atoms with Crippen LogP contribution in [0.15, 0.2) is 52.6 Å². The number of aromatic nitrogens is 2. The van der Waals surface area contributed by atoms with Crippen LogP contribution in [0.3, 0.4) is 0 Å². The van der Waals surface area contributed by atoms with Crippen LogP contribution in [-0.2, 0) is 5.75 Å². The maximum Gasteiger partial charge on any atom is 0.0954 e. The van der Waals surface area contributed by atoms with Crippen molar-refractivity contribution >= 4 is 34.7 Å². The minimum absolute atomic E-state index is 0.169. The van der Waals surface area contributed by atoms with Crippen LogP contribution in [0.1, 0.15) is 22.7 Å². The summed E-state index contributed by atoms with van der Waals surface area (Å²) in [5, 5.41) is 2.95. The Balaban J connectivity index is 1.99. The van der Waals surface area contributed by atoms with Gasteiger partial charge in [0.15, 0.2) is 0 Å². The number of hydrogen-bond acceptors (Lipinski definition) is 3. The summed E-state index contributed by atoms with van der Waals surface area (Å²) in [6.07, 6.45) is 5.73. The van der Waals surface area contributed by atoms with E-state index >= 15 is 0 Å². The lowest BCUT2D eigenvalue weighted by Crippen LogP contribution is -2.11. The van der Waals surface area contributed by atoms with Gasteiger partial charge in [-0.2, -0.15) is 0 Å². The van der Waals surface area contributed by atoms with Crippen molar-refractivity contribution in [1.29, 1.82) is 0 Å². The molecule has 0 amide bonds. The molecule has 1 aliphatic heterocycles. The third-order valence-corrected chi connectivity index (χ3v) is 6.09. The third-order valence-electron chi connectivity index (χ3n) is 3.54. The minimum Gasteiger partial charge on any atom is -0.326 e. The van der Waals surface area contributed by atoms with Gasteiger partial charge in [0.1, 0.15) is 0 Å². The molecule has 3 heterocycles. The van der Waals surface area contributed by atoms with Crippen molar-refractivity contribution in [2.45, 2.75) is 16.0 Å². The highest BCUT2D eigenvalue weighted by Crippen LogP contribution is 2.44. The first-order chi connectivity index (χ1) is 9.83. The van der Waals surface area contributed by atoms with Gasteiger partial charge >= 0.3 is 0 Å². The predicted molar refractivity (Wildman–Crippen MR) is 84.8 cm³/mol. The zero-order valence-corrected chi connectivity index (χ0v) is 12.9. The lowest BCUT2D eigenvalue weighted by Gasteiger charge is -2.20. The van der Waals surface area contributed by atoms with E-state index in [-0.39, 0.29) is 6.04 Å². The highest BCUT2D eigenvalue weighted by atomic mass is 35.5. The van der Waals surface area contributed by atoms with E-state index in [4.69, 9.17) is 11.6 Å². The monoisotopic (exact) mass is 318 g/mol. The fourth-order valence-corrected chi connectivity index (χ4v) is 4.98. The van der Waals surface area contributed by atoms with Crippen LogP contribution in [-0.4, -0.2) is 9.55 Å².